The molecular weight excluding hydrogens is 208 g/mol. The minimum absolute atomic E-state index is 0.0239. The van der Waals surface area contributed by atoms with Crippen LogP contribution >= 0.6 is 0 Å². The molecule has 5 nitrogen and oxygen atoms in total. The molecule has 1 saturated heterocycles. The predicted molar refractivity (Wildman–Crippen MR) is 60.3 cm³/mol. The highest BCUT2D eigenvalue weighted by Gasteiger charge is 2.27. The fraction of sp³-hybridized carbons (Fsp3) is 0.818. The molecule has 1 aliphatic rings. The zero-order valence-corrected chi connectivity index (χ0v) is 9.98. The van der Waals surface area contributed by atoms with Gasteiger partial charge in [-0.15, -0.1) is 0 Å². The first kappa shape index (κ1) is 12.8. The molecule has 1 unspecified atom stereocenters. The van der Waals surface area contributed by atoms with E-state index in [-0.39, 0.29) is 18.6 Å². The first-order chi connectivity index (χ1) is 7.56. The number of carbonyl (C=O) groups excluding carboxylic acids is 1. The van der Waals surface area contributed by atoms with Crippen molar-refractivity contribution in [3.05, 3.63) is 0 Å². The number of nitrogens with zero attached hydrogens (tertiary/aromatic N) is 2. The predicted octanol–water partition coefficient (Wildman–Crippen LogP) is 1.39. The van der Waals surface area contributed by atoms with Gasteiger partial charge in [0.2, 0.25) is 0 Å². The molecule has 1 N–H and O–H groups in total. The van der Waals surface area contributed by atoms with Crippen molar-refractivity contribution >= 4 is 12.0 Å². The third kappa shape index (κ3) is 3.12. The zero-order chi connectivity index (χ0) is 12.1. The van der Waals surface area contributed by atoms with E-state index in [0.29, 0.717) is 0 Å². The molecule has 0 spiro atoms. The van der Waals surface area contributed by atoms with Crippen LogP contribution in [0.5, 0.6) is 0 Å². The van der Waals surface area contributed by atoms with E-state index in [0.717, 1.165) is 32.4 Å². The van der Waals surface area contributed by atoms with Crippen molar-refractivity contribution in [2.45, 2.75) is 39.2 Å². The van der Waals surface area contributed by atoms with Crippen molar-refractivity contribution in [2.75, 3.05) is 19.6 Å². The average molecular weight is 228 g/mol. The second-order valence-electron chi connectivity index (χ2n) is 4.26. The number of carboxylic acids is 1. The van der Waals surface area contributed by atoms with Crippen LogP contribution in [0.4, 0.5) is 4.79 Å². The average Bonchev–Trinajstić information content (AvgIpc) is 2.77. The number of carboxylic acid groups (broad SMARTS) is 1. The smallest absolute Gasteiger partial charge is 0.323 e. The zero-order valence-electron chi connectivity index (χ0n) is 9.98. The Kier molecular flexibility index (Phi) is 4.58. The quantitative estimate of drug-likeness (QED) is 0.791. The van der Waals surface area contributed by atoms with Gasteiger partial charge in [0.05, 0.1) is 0 Å². The molecule has 1 fully saturated rings. The van der Waals surface area contributed by atoms with Crippen LogP contribution in [-0.4, -0.2) is 52.6 Å². The highest BCUT2D eigenvalue weighted by Crippen LogP contribution is 2.13. The van der Waals surface area contributed by atoms with Gasteiger partial charge in [0.1, 0.15) is 6.54 Å². The first-order valence-corrected chi connectivity index (χ1v) is 5.83. The number of amides is 2. The number of hydrogen-bond donors (Lipinski definition) is 1. The largest absolute Gasteiger partial charge is 0.480 e. The third-order valence-corrected chi connectivity index (χ3v) is 3.05. The molecule has 1 atom stereocenters. The number of urea groups is 1. The maximum Gasteiger partial charge on any atom is 0.323 e. The molecule has 0 aromatic heterocycles. The summed E-state index contributed by atoms with van der Waals surface area (Å²) in [6, 6.07) is -0.154. The van der Waals surface area contributed by atoms with Crippen molar-refractivity contribution < 1.29 is 14.7 Å². The SMILES string of the molecule is CCC(C)N(CC(=O)O)C(=O)N1CCCC1. The number of aliphatic carboxylic acids is 1. The van der Waals surface area contributed by atoms with Crippen molar-refractivity contribution in [2.24, 2.45) is 0 Å². The summed E-state index contributed by atoms with van der Waals surface area (Å²) in [5, 5.41) is 8.81. The topological polar surface area (TPSA) is 60.9 Å². The molecular formula is C11H20N2O3. The van der Waals surface area contributed by atoms with Gasteiger partial charge in [-0.25, -0.2) is 4.79 Å². The Morgan fingerprint density at radius 1 is 1.38 bits per heavy atom. The Balaban J connectivity index is 2.66. The van der Waals surface area contributed by atoms with Crippen LogP contribution in [-0.2, 0) is 4.79 Å². The van der Waals surface area contributed by atoms with Crippen molar-refractivity contribution in [1.29, 1.82) is 0 Å². The van der Waals surface area contributed by atoms with Crippen molar-refractivity contribution in [3.63, 3.8) is 0 Å². The van der Waals surface area contributed by atoms with Crippen LogP contribution in [0.15, 0.2) is 0 Å². The molecule has 92 valence electrons. The second kappa shape index (κ2) is 5.72. The molecule has 0 radical (unpaired) electrons. The Labute approximate surface area is 96.0 Å². The van der Waals surface area contributed by atoms with Crippen LogP contribution in [0.1, 0.15) is 33.1 Å². The van der Waals surface area contributed by atoms with E-state index >= 15 is 0 Å². The molecule has 5 heteroatoms. The second-order valence-corrected chi connectivity index (χ2v) is 4.26. The number of rotatable bonds is 4. The van der Waals surface area contributed by atoms with E-state index in [4.69, 9.17) is 5.11 Å². The Morgan fingerprint density at radius 2 is 1.94 bits per heavy atom. The monoisotopic (exact) mass is 228 g/mol. The highest BCUT2D eigenvalue weighted by atomic mass is 16.4. The molecule has 0 aromatic carbocycles. The summed E-state index contributed by atoms with van der Waals surface area (Å²) in [4.78, 5) is 26.0. The minimum Gasteiger partial charge on any atom is -0.480 e. The maximum absolute atomic E-state index is 12.1. The summed E-state index contributed by atoms with van der Waals surface area (Å²) in [6.45, 7) is 5.15. The lowest BCUT2D eigenvalue weighted by atomic mass is 10.2. The summed E-state index contributed by atoms with van der Waals surface area (Å²) in [5.74, 6) is -0.951. The summed E-state index contributed by atoms with van der Waals surface area (Å²) in [7, 11) is 0. The van der Waals surface area contributed by atoms with Gasteiger partial charge in [-0.3, -0.25) is 4.79 Å². The molecule has 0 aliphatic carbocycles. The van der Waals surface area contributed by atoms with Crippen LogP contribution in [0.2, 0.25) is 0 Å². The van der Waals surface area contributed by atoms with Crippen LogP contribution in [0.3, 0.4) is 0 Å². The number of hydrogen-bond acceptors (Lipinski definition) is 2. The fourth-order valence-corrected chi connectivity index (χ4v) is 1.87. The van der Waals surface area contributed by atoms with Gasteiger partial charge in [-0.05, 0) is 26.2 Å². The lowest BCUT2D eigenvalue weighted by Crippen LogP contribution is -2.48. The maximum atomic E-state index is 12.1. The van der Waals surface area contributed by atoms with Crippen molar-refractivity contribution in [1.82, 2.24) is 9.80 Å². The number of carbonyl (C=O) groups is 2. The van der Waals surface area contributed by atoms with Gasteiger partial charge in [0.25, 0.3) is 0 Å². The molecule has 16 heavy (non-hydrogen) atoms. The van der Waals surface area contributed by atoms with Gasteiger partial charge in [0.15, 0.2) is 0 Å². The molecule has 2 amide bonds. The van der Waals surface area contributed by atoms with E-state index in [9.17, 15) is 9.59 Å². The molecule has 0 aromatic rings. The Morgan fingerprint density at radius 3 is 2.38 bits per heavy atom. The summed E-state index contributed by atoms with van der Waals surface area (Å²) in [5.41, 5.74) is 0. The molecule has 0 saturated carbocycles. The van der Waals surface area contributed by atoms with Crippen LogP contribution in [0.25, 0.3) is 0 Å². The van der Waals surface area contributed by atoms with Crippen LogP contribution in [0, 0.1) is 0 Å². The van der Waals surface area contributed by atoms with Gasteiger partial charge in [0, 0.05) is 19.1 Å². The van der Waals surface area contributed by atoms with Gasteiger partial charge in [-0.2, -0.15) is 0 Å². The van der Waals surface area contributed by atoms with E-state index in [2.05, 4.69) is 0 Å². The third-order valence-electron chi connectivity index (χ3n) is 3.05. The van der Waals surface area contributed by atoms with E-state index in [1.165, 1.54) is 4.90 Å². The Bertz CT molecular complexity index is 262. The molecule has 1 rings (SSSR count). The summed E-state index contributed by atoms with van der Waals surface area (Å²) < 4.78 is 0. The number of likely N-dealkylation sites (tertiary alicyclic amines) is 1. The highest BCUT2D eigenvalue weighted by molar-refractivity contribution is 5.80. The van der Waals surface area contributed by atoms with E-state index < -0.39 is 5.97 Å². The minimum atomic E-state index is -0.951. The Hall–Kier alpha value is -1.26. The van der Waals surface area contributed by atoms with Gasteiger partial charge in [-0.1, -0.05) is 6.92 Å². The first-order valence-electron chi connectivity index (χ1n) is 5.83. The molecule has 1 aliphatic heterocycles. The normalized spacial score (nSPS) is 17.2. The summed E-state index contributed by atoms with van der Waals surface area (Å²) in [6.07, 6.45) is 2.81. The fourth-order valence-electron chi connectivity index (χ4n) is 1.87. The molecule has 0 bridgehead atoms. The van der Waals surface area contributed by atoms with E-state index in [1.54, 1.807) is 4.90 Å². The standard InChI is InChI=1S/C11H20N2O3/c1-3-9(2)13(8-10(14)15)11(16)12-6-4-5-7-12/h9H,3-8H2,1-2H3,(H,14,15). The van der Waals surface area contributed by atoms with Crippen LogP contribution < -0.4 is 0 Å². The van der Waals surface area contributed by atoms with Crippen molar-refractivity contribution in [3.8, 4) is 0 Å². The lowest BCUT2D eigenvalue weighted by molar-refractivity contribution is -0.138. The molecule has 1 heterocycles. The lowest BCUT2D eigenvalue weighted by Gasteiger charge is -2.31. The summed E-state index contributed by atoms with van der Waals surface area (Å²) >= 11 is 0. The van der Waals surface area contributed by atoms with E-state index in [1.807, 2.05) is 13.8 Å². The van der Waals surface area contributed by atoms with Gasteiger partial charge >= 0.3 is 12.0 Å². The van der Waals surface area contributed by atoms with Gasteiger partial charge < -0.3 is 14.9 Å².